The summed E-state index contributed by atoms with van der Waals surface area (Å²) < 4.78 is 0. The van der Waals surface area contributed by atoms with E-state index in [2.05, 4.69) is 39.3 Å². The summed E-state index contributed by atoms with van der Waals surface area (Å²) >= 11 is 0. The molecule has 0 amide bonds. The Kier molecular flexibility index (Phi) is 4.14. The largest absolute Gasteiger partial charge is 0.369 e. The van der Waals surface area contributed by atoms with Crippen molar-refractivity contribution in [3.05, 3.63) is 12.4 Å². The highest BCUT2D eigenvalue weighted by Gasteiger charge is 2.11. The van der Waals surface area contributed by atoms with Gasteiger partial charge < -0.3 is 15.5 Å². The average Bonchev–Trinajstić information content (AvgIpc) is 2.38. The maximum atomic E-state index is 4.45. The van der Waals surface area contributed by atoms with Crippen molar-refractivity contribution < 1.29 is 0 Å². The molecular weight excluding hydrogens is 214 g/mol. The van der Waals surface area contributed by atoms with E-state index in [1.54, 1.807) is 0 Å². The lowest BCUT2D eigenvalue weighted by molar-refractivity contribution is 0.584. The van der Waals surface area contributed by atoms with Crippen molar-refractivity contribution in [3.63, 3.8) is 0 Å². The van der Waals surface area contributed by atoms with Gasteiger partial charge in [0, 0.05) is 32.7 Å². The molecule has 2 rings (SSSR count). The Morgan fingerprint density at radius 3 is 2.65 bits per heavy atom. The molecule has 1 aliphatic rings. The fraction of sp³-hybridized carbons (Fsp3) is 0.667. The summed E-state index contributed by atoms with van der Waals surface area (Å²) in [7, 11) is 0. The lowest BCUT2D eigenvalue weighted by atomic mass is 10.2. The van der Waals surface area contributed by atoms with Gasteiger partial charge in [-0.3, -0.25) is 0 Å². The molecule has 0 unspecified atom stereocenters. The Hall–Kier alpha value is -1.36. The van der Waals surface area contributed by atoms with Crippen LogP contribution < -0.4 is 15.5 Å². The Balaban J connectivity index is 1.92. The van der Waals surface area contributed by atoms with Crippen LogP contribution in [-0.2, 0) is 0 Å². The first-order valence-corrected chi connectivity index (χ1v) is 6.27. The van der Waals surface area contributed by atoms with E-state index in [1.165, 1.54) is 0 Å². The van der Waals surface area contributed by atoms with Gasteiger partial charge in [0.1, 0.15) is 11.6 Å². The summed E-state index contributed by atoms with van der Waals surface area (Å²) in [5, 5.41) is 6.60. The lowest BCUT2D eigenvalue weighted by Gasteiger charge is -2.28. The number of rotatable bonds is 4. The molecule has 2 N–H and O–H groups in total. The van der Waals surface area contributed by atoms with E-state index in [0.29, 0.717) is 5.92 Å². The van der Waals surface area contributed by atoms with Crippen molar-refractivity contribution in [3.8, 4) is 0 Å². The molecule has 0 radical (unpaired) electrons. The number of nitrogens with zero attached hydrogens (tertiary/aromatic N) is 3. The van der Waals surface area contributed by atoms with Crippen LogP contribution in [0.25, 0.3) is 0 Å². The minimum absolute atomic E-state index is 0.615. The maximum absolute atomic E-state index is 4.45. The Morgan fingerprint density at radius 2 is 2.06 bits per heavy atom. The molecule has 94 valence electrons. The molecule has 5 nitrogen and oxygen atoms in total. The van der Waals surface area contributed by atoms with Gasteiger partial charge in [-0.1, -0.05) is 13.8 Å². The van der Waals surface area contributed by atoms with Gasteiger partial charge in [-0.15, -0.1) is 0 Å². The molecule has 5 heteroatoms. The van der Waals surface area contributed by atoms with Gasteiger partial charge in [0.25, 0.3) is 0 Å². The van der Waals surface area contributed by atoms with E-state index >= 15 is 0 Å². The Morgan fingerprint density at radius 1 is 1.29 bits per heavy atom. The standard InChI is InChI=1S/C12H21N5/c1-10(2)7-14-11-8-16-12(9-15-11)17-5-3-13-4-6-17/h8-10,13H,3-7H2,1-2H3,(H,14,15). The van der Waals surface area contributed by atoms with Gasteiger partial charge in [0.15, 0.2) is 0 Å². The smallest absolute Gasteiger partial charge is 0.147 e. The first kappa shape index (κ1) is 12.1. The van der Waals surface area contributed by atoms with Gasteiger partial charge in [0.2, 0.25) is 0 Å². The van der Waals surface area contributed by atoms with E-state index in [-0.39, 0.29) is 0 Å². The van der Waals surface area contributed by atoms with Crippen LogP contribution in [0.4, 0.5) is 11.6 Å². The van der Waals surface area contributed by atoms with Gasteiger partial charge in [0.05, 0.1) is 12.4 Å². The van der Waals surface area contributed by atoms with E-state index in [1.807, 2.05) is 12.4 Å². The first-order valence-electron chi connectivity index (χ1n) is 6.27. The Bertz CT molecular complexity index is 329. The molecule has 1 aromatic heterocycles. The van der Waals surface area contributed by atoms with Gasteiger partial charge in [-0.2, -0.15) is 0 Å². The van der Waals surface area contributed by atoms with Crippen LogP contribution in [0.2, 0.25) is 0 Å². The van der Waals surface area contributed by atoms with Crippen molar-refractivity contribution >= 4 is 11.6 Å². The molecule has 1 aliphatic heterocycles. The molecule has 0 atom stereocenters. The van der Waals surface area contributed by atoms with E-state index < -0.39 is 0 Å². The zero-order chi connectivity index (χ0) is 12.1. The lowest BCUT2D eigenvalue weighted by Crippen LogP contribution is -2.43. The highest BCUT2D eigenvalue weighted by atomic mass is 15.2. The number of aromatic nitrogens is 2. The third-order valence-electron chi connectivity index (χ3n) is 2.77. The van der Waals surface area contributed by atoms with Gasteiger partial charge in [-0.25, -0.2) is 9.97 Å². The van der Waals surface area contributed by atoms with Crippen LogP contribution >= 0.6 is 0 Å². The molecule has 0 spiro atoms. The minimum atomic E-state index is 0.615. The minimum Gasteiger partial charge on any atom is -0.369 e. The predicted molar refractivity (Wildman–Crippen MR) is 70.4 cm³/mol. The first-order chi connectivity index (χ1) is 8.25. The summed E-state index contributed by atoms with van der Waals surface area (Å²) in [6.07, 6.45) is 3.67. The molecule has 1 saturated heterocycles. The van der Waals surface area contributed by atoms with Crippen LogP contribution in [0, 0.1) is 5.92 Å². The van der Waals surface area contributed by atoms with E-state index in [0.717, 1.165) is 44.4 Å². The van der Waals surface area contributed by atoms with Crippen LogP contribution in [-0.4, -0.2) is 42.7 Å². The summed E-state index contributed by atoms with van der Waals surface area (Å²) in [6, 6.07) is 0. The molecule has 0 bridgehead atoms. The molecule has 0 saturated carbocycles. The zero-order valence-electron chi connectivity index (χ0n) is 10.6. The fourth-order valence-electron chi connectivity index (χ4n) is 1.78. The number of hydrogen-bond acceptors (Lipinski definition) is 5. The number of hydrogen-bond donors (Lipinski definition) is 2. The monoisotopic (exact) mass is 235 g/mol. The molecule has 0 aliphatic carbocycles. The fourth-order valence-corrected chi connectivity index (χ4v) is 1.78. The van der Waals surface area contributed by atoms with Crippen molar-refractivity contribution in [2.45, 2.75) is 13.8 Å². The maximum Gasteiger partial charge on any atom is 0.147 e. The topological polar surface area (TPSA) is 53.1 Å². The highest BCUT2D eigenvalue weighted by Crippen LogP contribution is 2.11. The average molecular weight is 235 g/mol. The van der Waals surface area contributed by atoms with Crippen molar-refractivity contribution in [2.75, 3.05) is 42.9 Å². The summed E-state index contributed by atoms with van der Waals surface area (Å²) in [4.78, 5) is 11.1. The van der Waals surface area contributed by atoms with Gasteiger partial charge >= 0.3 is 0 Å². The third kappa shape index (κ3) is 3.56. The second kappa shape index (κ2) is 5.82. The molecule has 0 aromatic carbocycles. The van der Waals surface area contributed by atoms with Crippen molar-refractivity contribution in [1.82, 2.24) is 15.3 Å². The number of nitrogens with one attached hydrogen (secondary N) is 2. The predicted octanol–water partition coefficient (Wildman–Crippen LogP) is 0.954. The third-order valence-corrected chi connectivity index (χ3v) is 2.77. The molecular formula is C12H21N5. The SMILES string of the molecule is CC(C)CNc1cnc(N2CCNCC2)cn1. The molecule has 2 heterocycles. The summed E-state index contributed by atoms with van der Waals surface area (Å²) in [5.41, 5.74) is 0. The summed E-state index contributed by atoms with van der Waals surface area (Å²) in [5.74, 6) is 2.45. The van der Waals surface area contributed by atoms with Gasteiger partial charge in [-0.05, 0) is 5.92 Å². The van der Waals surface area contributed by atoms with Crippen LogP contribution in [0.1, 0.15) is 13.8 Å². The molecule has 17 heavy (non-hydrogen) atoms. The van der Waals surface area contributed by atoms with Crippen LogP contribution in [0.5, 0.6) is 0 Å². The number of anilines is 2. The van der Waals surface area contributed by atoms with E-state index in [9.17, 15) is 0 Å². The second-order valence-electron chi connectivity index (χ2n) is 4.77. The zero-order valence-corrected chi connectivity index (χ0v) is 10.6. The number of piperazine rings is 1. The normalized spacial score (nSPS) is 16.3. The summed E-state index contributed by atoms with van der Waals surface area (Å²) in [6.45, 7) is 9.34. The van der Waals surface area contributed by atoms with Crippen LogP contribution in [0.3, 0.4) is 0 Å². The highest BCUT2D eigenvalue weighted by molar-refractivity contribution is 5.41. The van der Waals surface area contributed by atoms with E-state index in [4.69, 9.17) is 0 Å². The quantitative estimate of drug-likeness (QED) is 0.814. The second-order valence-corrected chi connectivity index (χ2v) is 4.77. The molecule has 1 fully saturated rings. The van der Waals surface area contributed by atoms with Crippen LogP contribution in [0.15, 0.2) is 12.4 Å². The van der Waals surface area contributed by atoms with Crippen molar-refractivity contribution in [2.24, 2.45) is 5.92 Å². The molecule has 1 aromatic rings. The Labute approximate surface area is 103 Å². The van der Waals surface area contributed by atoms with Crippen molar-refractivity contribution in [1.29, 1.82) is 0 Å².